The third-order valence-electron chi connectivity index (χ3n) is 3.85. The molecule has 27 heavy (non-hydrogen) atoms. The smallest absolute Gasteiger partial charge is 0.338 e. The highest BCUT2D eigenvalue weighted by atomic mass is 19.1. The van der Waals surface area contributed by atoms with Crippen molar-refractivity contribution in [3.05, 3.63) is 84.2 Å². The van der Waals surface area contributed by atoms with E-state index in [0.29, 0.717) is 6.07 Å². The number of anilines is 1. The molecule has 0 saturated heterocycles. The van der Waals surface area contributed by atoms with E-state index in [4.69, 9.17) is 4.74 Å². The first-order valence-corrected chi connectivity index (χ1v) is 8.14. The maximum Gasteiger partial charge on any atom is 0.338 e. The van der Waals surface area contributed by atoms with Crippen LogP contribution in [0.1, 0.15) is 17.3 Å². The molecule has 5 nitrogen and oxygen atoms in total. The van der Waals surface area contributed by atoms with Crippen molar-refractivity contribution in [2.75, 3.05) is 5.32 Å². The molecule has 0 radical (unpaired) electrons. The Balaban J connectivity index is 1.62. The average Bonchev–Trinajstić information content (AvgIpc) is 3.18. The Morgan fingerprint density at radius 3 is 2.33 bits per heavy atom. The molecule has 0 aliphatic rings. The minimum Gasteiger partial charge on any atom is -0.449 e. The Morgan fingerprint density at radius 1 is 1.04 bits per heavy atom. The number of nitrogens with zero attached hydrogens (tertiary/aromatic N) is 1. The highest BCUT2D eigenvalue weighted by Crippen LogP contribution is 2.16. The zero-order valence-electron chi connectivity index (χ0n) is 14.4. The van der Waals surface area contributed by atoms with E-state index in [-0.39, 0.29) is 11.3 Å². The summed E-state index contributed by atoms with van der Waals surface area (Å²) in [5.74, 6) is -3.08. The second kappa shape index (κ2) is 7.82. The summed E-state index contributed by atoms with van der Waals surface area (Å²) in [4.78, 5) is 24.3. The molecule has 3 aromatic rings. The molecule has 1 aromatic heterocycles. The van der Waals surface area contributed by atoms with E-state index in [1.807, 2.05) is 29.1 Å². The summed E-state index contributed by atoms with van der Waals surface area (Å²) < 4.78 is 33.5. The van der Waals surface area contributed by atoms with Crippen molar-refractivity contribution in [2.24, 2.45) is 0 Å². The van der Waals surface area contributed by atoms with Crippen LogP contribution in [0.3, 0.4) is 0 Å². The molecule has 1 amide bonds. The zero-order chi connectivity index (χ0) is 19.4. The van der Waals surface area contributed by atoms with Crippen molar-refractivity contribution >= 4 is 17.6 Å². The number of hydrogen-bond donors (Lipinski definition) is 1. The summed E-state index contributed by atoms with van der Waals surface area (Å²) in [6.07, 6.45) is 2.58. The van der Waals surface area contributed by atoms with Crippen molar-refractivity contribution in [3.8, 4) is 5.69 Å². The Morgan fingerprint density at radius 2 is 1.70 bits per heavy atom. The van der Waals surface area contributed by atoms with Gasteiger partial charge in [-0.05, 0) is 55.5 Å². The number of amides is 1. The molecule has 0 spiro atoms. The average molecular weight is 370 g/mol. The van der Waals surface area contributed by atoms with Crippen molar-refractivity contribution in [1.29, 1.82) is 0 Å². The van der Waals surface area contributed by atoms with Crippen LogP contribution in [-0.2, 0) is 9.53 Å². The molecule has 3 rings (SSSR count). The summed E-state index contributed by atoms with van der Waals surface area (Å²) >= 11 is 0. The van der Waals surface area contributed by atoms with Crippen LogP contribution >= 0.6 is 0 Å². The molecule has 1 N–H and O–H groups in total. The van der Waals surface area contributed by atoms with Crippen LogP contribution in [0.25, 0.3) is 5.69 Å². The van der Waals surface area contributed by atoms with Gasteiger partial charge in [-0.25, -0.2) is 13.6 Å². The summed E-state index contributed by atoms with van der Waals surface area (Å²) in [7, 11) is 0. The number of ether oxygens (including phenoxy) is 1. The predicted molar refractivity (Wildman–Crippen MR) is 95.6 cm³/mol. The third-order valence-corrected chi connectivity index (χ3v) is 3.85. The Hall–Kier alpha value is -3.48. The van der Waals surface area contributed by atoms with Gasteiger partial charge in [0.1, 0.15) is 11.6 Å². The van der Waals surface area contributed by atoms with Gasteiger partial charge in [-0.15, -0.1) is 0 Å². The standard InChI is InChI=1S/C20H16F2N2O3/c1-13(19(25)23-18-9-6-15(21)12-17(18)22)27-20(26)14-4-7-16(8-5-14)24-10-2-3-11-24/h2-13H,1H3,(H,23,25). The lowest BCUT2D eigenvalue weighted by atomic mass is 10.2. The van der Waals surface area contributed by atoms with Crippen molar-refractivity contribution in [1.82, 2.24) is 4.57 Å². The third kappa shape index (κ3) is 4.38. The fourth-order valence-electron chi connectivity index (χ4n) is 2.38. The van der Waals surface area contributed by atoms with Crippen molar-refractivity contribution in [2.45, 2.75) is 13.0 Å². The normalized spacial score (nSPS) is 11.7. The van der Waals surface area contributed by atoms with Crippen molar-refractivity contribution in [3.63, 3.8) is 0 Å². The van der Waals surface area contributed by atoms with Crippen LogP contribution < -0.4 is 5.32 Å². The van der Waals surface area contributed by atoms with E-state index >= 15 is 0 Å². The molecule has 138 valence electrons. The van der Waals surface area contributed by atoms with Gasteiger partial charge in [-0.2, -0.15) is 0 Å². The van der Waals surface area contributed by atoms with E-state index in [9.17, 15) is 18.4 Å². The number of esters is 1. The number of hydrogen-bond acceptors (Lipinski definition) is 3. The Labute approximate surface area is 154 Å². The van der Waals surface area contributed by atoms with Gasteiger partial charge in [-0.3, -0.25) is 4.79 Å². The van der Waals surface area contributed by atoms with E-state index in [1.54, 1.807) is 24.3 Å². The van der Waals surface area contributed by atoms with Gasteiger partial charge in [0.2, 0.25) is 0 Å². The molecule has 0 bridgehead atoms. The van der Waals surface area contributed by atoms with E-state index < -0.39 is 29.6 Å². The monoisotopic (exact) mass is 370 g/mol. The van der Waals surface area contributed by atoms with Crippen LogP contribution in [0, 0.1) is 11.6 Å². The first-order valence-electron chi connectivity index (χ1n) is 8.14. The van der Waals surface area contributed by atoms with E-state index in [2.05, 4.69) is 5.32 Å². The summed E-state index contributed by atoms with van der Waals surface area (Å²) in [5.41, 5.74) is 0.952. The lowest BCUT2D eigenvalue weighted by Crippen LogP contribution is -2.30. The lowest BCUT2D eigenvalue weighted by molar-refractivity contribution is -0.123. The number of carbonyl (C=O) groups is 2. The highest BCUT2D eigenvalue weighted by molar-refractivity contribution is 5.97. The van der Waals surface area contributed by atoms with Gasteiger partial charge >= 0.3 is 5.97 Å². The molecule has 1 heterocycles. The Kier molecular flexibility index (Phi) is 5.30. The maximum atomic E-state index is 13.6. The lowest BCUT2D eigenvalue weighted by Gasteiger charge is -2.14. The molecule has 0 saturated carbocycles. The number of aromatic nitrogens is 1. The number of carbonyl (C=O) groups excluding carboxylic acids is 2. The van der Waals surface area contributed by atoms with Gasteiger partial charge in [0.05, 0.1) is 11.3 Å². The number of nitrogens with one attached hydrogen (secondary N) is 1. The minimum atomic E-state index is -1.16. The SMILES string of the molecule is CC(OC(=O)c1ccc(-n2cccc2)cc1)C(=O)Nc1ccc(F)cc1F. The second-order valence-corrected chi connectivity index (χ2v) is 5.80. The molecular formula is C20H16F2N2O3. The zero-order valence-corrected chi connectivity index (χ0v) is 14.4. The number of benzene rings is 2. The second-order valence-electron chi connectivity index (χ2n) is 5.80. The molecule has 0 aliphatic carbocycles. The molecule has 0 fully saturated rings. The van der Waals surface area contributed by atoms with Crippen LogP contribution in [0.4, 0.5) is 14.5 Å². The topological polar surface area (TPSA) is 60.3 Å². The van der Waals surface area contributed by atoms with Gasteiger partial charge in [-0.1, -0.05) is 0 Å². The number of rotatable bonds is 5. The summed E-state index contributed by atoms with van der Waals surface area (Å²) in [6, 6.07) is 13.2. The fraction of sp³-hybridized carbons (Fsp3) is 0.100. The number of halogens is 2. The van der Waals surface area contributed by atoms with E-state index in [1.165, 1.54) is 6.92 Å². The minimum absolute atomic E-state index is 0.194. The summed E-state index contributed by atoms with van der Waals surface area (Å²) in [6.45, 7) is 1.36. The molecular weight excluding hydrogens is 354 g/mol. The molecule has 2 aromatic carbocycles. The van der Waals surface area contributed by atoms with Crippen molar-refractivity contribution < 1.29 is 23.1 Å². The highest BCUT2D eigenvalue weighted by Gasteiger charge is 2.20. The van der Waals surface area contributed by atoms with Gasteiger partial charge in [0.15, 0.2) is 6.10 Å². The van der Waals surface area contributed by atoms with Gasteiger partial charge < -0.3 is 14.6 Å². The van der Waals surface area contributed by atoms with Crippen LogP contribution in [-0.4, -0.2) is 22.5 Å². The molecule has 1 unspecified atom stereocenters. The van der Waals surface area contributed by atoms with Crippen LogP contribution in [0.2, 0.25) is 0 Å². The van der Waals surface area contributed by atoms with E-state index in [0.717, 1.165) is 17.8 Å². The first-order chi connectivity index (χ1) is 12.9. The Bertz CT molecular complexity index is 954. The van der Waals surface area contributed by atoms with Gasteiger partial charge in [0, 0.05) is 24.1 Å². The quantitative estimate of drug-likeness (QED) is 0.692. The largest absolute Gasteiger partial charge is 0.449 e. The molecule has 0 aliphatic heterocycles. The van der Waals surface area contributed by atoms with Crippen LogP contribution in [0.15, 0.2) is 67.0 Å². The first kappa shape index (κ1) is 18.3. The summed E-state index contributed by atoms with van der Waals surface area (Å²) in [5, 5.41) is 2.26. The molecule has 1 atom stereocenters. The maximum absolute atomic E-state index is 13.6. The predicted octanol–water partition coefficient (Wildman–Crippen LogP) is 3.94. The van der Waals surface area contributed by atoms with Crippen LogP contribution in [0.5, 0.6) is 0 Å². The molecule has 7 heteroatoms. The van der Waals surface area contributed by atoms with Gasteiger partial charge in [0.25, 0.3) is 5.91 Å². The fourth-order valence-corrected chi connectivity index (χ4v) is 2.38.